The summed E-state index contributed by atoms with van der Waals surface area (Å²) in [6.07, 6.45) is 0. The number of carbonyl (C=O) groups is 2. The van der Waals surface area contributed by atoms with Gasteiger partial charge in [0, 0.05) is 16.9 Å². The third-order valence-corrected chi connectivity index (χ3v) is 9.26. The van der Waals surface area contributed by atoms with E-state index in [1.807, 2.05) is 31.2 Å². The Balaban J connectivity index is 1.30. The first kappa shape index (κ1) is 30.2. The third-order valence-electron chi connectivity index (χ3n) is 7.14. The number of amides is 1. The van der Waals surface area contributed by atoms with E-state index in [4.69, 9.17) is 4.74 Å². The Morgan fingerprint density at radius 3 is 2.42 bits per heavy atom. The molecule has 7 nitrogen and oxygen atoms in total. The van der Waals surface area contributed by atoms with Gasteiger partial charge in [-0.05, 0) is 60.5 Å². The van der Waals surface area contributed by atoms with Crippen molar-refractivity contribution >= 4 is 45.7 Å². The number of Topliss-reactive ketones (excluding diaryl/α,β-unsaturated/α-hetero) is 1. The molecule has 1 aromatic heterocycles. The lowest BCUT2D eigenvalue weighted by Gasteiger charge is -2.22. The summed E-state index contributed by atoms with van der Waals surface area (Å²) in [7, 11) is 0. The van der Waals surface area contributed by atoms with Gasteiger partial charge >= 0.3 is 5.91 Å². The van der Waals surface area contributed by atoms with Crippen molar-refractivity contribution in [2.24, 2.45) is 0 Å². The van der Waals surface area contributed by atoms with Crippen molar-refractivity contribution in [1.82, 2.24) is 10.2 Å². The number of ketones is 1. The minimum absolute atomic E-state index is 0.0204. The lowest BCUT2D eigenvalue weighted by atomic mass is 9.95. The highest BCUT2D eigenvalue weighted by molar-refractivity contribution is 8.00. The van der Waals surface area contributed by atoms with Gasteiger partial charge in [-0.2, -0.15) is 0 Å². The SMILES string of the molecule is Cc1cccc(COc2ccc(/C(O)=C3\C(=O)C(=O)N(c4nnc(SCc5ccc(F)cc5)s4)C3c3ccccc3F)cc2)c1. The van der Waals surface area contributed by atoms with Gasteiger partial charge in [0.05, 0.1) is 5.57 Å². The molecule has 2 heterocycles. The minimum atomic E-state index is -1.29. The lowest BCUT2D eigenvalue weighted by molar-refractivity contribution is -0.132. The van der Waals surface area contributed by atoms with Crippen LogP contribution in [0.5, 0.6) is 5.75 Å². The van der Waals surface area contributed by atoms with Crippen molar-refractivity contribution < 1.29 is 28.2 Å². The predicted molar refractivity (Wildman–Crippen MR) is 169 cm³/mol. The summed E-state index contributed by atoms with van der Waals surface area (Å²) in [5.74, 6) is -2.38. The Morgan fingerprint density at radius 1 is 0.933 bits per heavy atom. The fraction of sp³-hybridized carbons (Fsp3) is 0.118. The average molecular weight is 642 g/mol. The maximum Gasteiger partial charge on any atom is 0.301 e. The largest absolute Gasteiger partial charge is 0.507 e. The lowest BCUT2D eigenvalue weighted by Crippen LogP contribution is -2.29. The molecule has 0 spiro atoms. The number of aliphatic hydroxyl groups is 1. The quantitative estimate of drug-likeness (QED) is 0.0582. The van der Waals surface area contributed by atoms with Crippen LogP contribution in [0.25, 0.3) is 5.76 Å². The standard InChI is InChI=1S/C34H25F2N3O4S2/c1-20-5-4-6-22(17-20)18-43-25-15-11-23(12-16-25)30(40)28-29(26-7-2-3-8-27(26)36)39(32(42)31(28)41)33-37-38-34(45-33)44-19-21-9-13-24(35)14-10-21/h2-17,29,40H,18-19H2,1H3/b30-28+. The molecule has 0 bridgehead atoms. The molecule has 0 radical (unpaired) electrons. The first-order valence-electron chi connectivity index (χ1n) is 13.8. The number of aryl methyl sites for hydroxylation is 1. The molecule has 5 aromatic rings. The number of rotatable bonds is 9. The van der Waals surface area contributed by atoms with Gasteiger partial charge in [0.1, 0.15) is 35.8 Å². The van der Waals surface area contributed by atoms with Crippen LogP contribution >= 0.6 is 23.1 Å². The summed E-state index contributed by atoms with van der Waals surface area (Å²) < 4.78 is 34.9. The van der Waals surface area contributed by atoms with E-state index in [9.17, 15) is 19.1 Å². The van der Waals surface area contributed by atoms with E-state index in [0.29, 0.717) is 22.4 Å². The summed E-state index contributed by atoms with van der Waals surface area (Å²) in [5, 5.41) is 19.8. The van der Waals surface area contributed by atoms with Crippen molar-refractivity contribution in [3.05, 3.63) is 142 Å². The van der Waals surface area contributed by atoms with Crippen LogP contribution < -0.4 is 9.64 Å². The minimum Gasteiger partial charge on any atom is -0.507 e. The summed E-state index contributed by atoms with van der Waals surface area (Å²) in [6.45, 7) is 2.34. The number of thioether (sulfide) groups is 1. The number of ether oxygens (including phenoxy) is 1. The summed E-state index contributed by atoms with van der Waals surface area (Å²) in [6, 6.07) is 24.9. The smallest absolute Gasteiger partial charge is 0.301 e. The summed E-state index contributed by atoms with van der Waals surface area (Å²) in [4.78, 5) is 28.0. The van der Waals surface area contributed by atoms with Gasteiger partial charge in [-0.25, -0.2) is 8.78 Å². The Kier molecular flexibility index (Phi) is 8.72. The first-order chi connectivity index (χ1) is 21.8. The number of anilines is 1. The van der Waals surface area contributed by atoms with Crippen molar-refractivity contribution in [1.29, 1.82) is 0 Å². The van der Waals surface area contributed by atoms with Crippen LogP contribution in [0.15, 0.2) is 107 Å². The molecule has 1 atom stereocenters. The fourth-order valence-corrected chi connectivity index (χ4v) is 6.76. The summed E-state index contributed by atoms with van der Waals surface area (Å²) in [5.41, 5.74) is 2.98. The molecule has 0 saturated carbocycles. The van der Waals surface area contributed by atoms with E-state index in [2.05, 4.69) is 10.2 Å². The highest BCUT2D eigenvalue weighted by Gasteiger charge is 2.49. The second-order valence-corrected chi connectivity index (χ2v) is 12.4. The second kappa shape index (κ2) is 13.0. The van der Waals surface area contributed by atoms with Gasteiger partial charge in [0.15, 0.2) is 4.34 Å². The molecular formula is C34H25F2N3O4S2. The van der Waals surface area contributed by atoms with E-state index in [-0.39, 0.29) is 27.6 Å². The van der Waals surface area contributed by atoms with E-state index in [1.165, 1.54) is 42.1 Å². The molecule has 1 saturated heterocycles. The van der Waals surface area contributed by atoms with E-state index < -0.39 is 29.3 Å². The molecule has 1 fully saturated rings. The van der Waals surface area contributed by atoms with E-state index >= 15 is 4.39 Å². The fourth-order valence-electron chi connectivity index (χ4n) is 4.94. The number of nitrogens with zero attached hydrogens (tertiary/aromatic N) is 3. The van der Waals surface area contributed by atoms with Crippen molar-refractivity contribution in [2.75, 3.05) is 4.90 Å². The van der Waals surface area contributed by atoms with Crippen LogP contribution in [0.1, 0.15) is 33.9 Å². The second-order valence-electron chi connectivity index (χ2n) is 10.3. The molecule has 1 N–H and O–H groups in total. The number of hydrogen-bond acceptors (Lipinski definition) is 8. The molecule has 226 valence electrons. The predicted octanol–water partition coefficient (Wildman–Crippen LogP) is 7.62. The van der Waals surface area contributed by atoms with Crippen LogP contribution in [0.3, 0.4) is 0 Å². The van der Waals surface area contributed by atoms with Crippen LogP contribution in [-0.4, -0.2) is 27.0 Å². The van der Waals surface area contributed by atoms with Crippen LogP contribution in [0, 0.1) is 18.6 Å². The van der Waals surface area contributed by atoms with Crippen molar-refractivity contribution in [3.8, 4) is 5.75 Å². The monoisotopic (exact) mass is 641 g/mol. The number of aromatic nitrogens is 2. The van der Waals surface area contributed by atoms with Crippen molar-refractivity contribution in [2.45, 2.75) is 29.7 Å². The average Bonchev–Trinajstić information content (AvgIpc) is 3.61. The summed E-state index contributed by atoms with van der Waals surface area (Å²) >= 11 is 2.38. The zero-order chi connectivity index (χ0) is 31.5. The van der Waals surface area contributed by atoms with Crippen LogP contribution in [0.4, 0.5) is 13.9 Å². The zero-order valence-corrected chi connectivity index (χ0v) is 25.4. The van der Waals surface area contributed by atoms with Gasteiger partial charge in [0.2, 0.25) is 5.13 Å². The molecule has 11 heteroatoms. The Bertz CT molecular complexity index is 1910. The van der Waals surface area contributed by atoms with Gasteiger partial charge < -0.3 is 9.84 Å². The number of benzene rings is 4. The van der Waals surface area contributed by atoms with Crippen LogP contribution in [0.2, 0.25) is 0 Å². The first-order valence-corrected chi connectivity index (χ1v) is 15.6. The molecule has 4 aromatic carbocycles. The highest BCUT2D eigenvalue weighted by Crippen LogP contribution is 2.44. The molecule has 1 unspecified atom stereocenters. The van der Waals surface area contributed by atoms with E-state index in [0.717, 1.165) is 32.9 Å². The van der Waals surface area contributed by atoms with Crippen LogP contribution in [-0.2, 0) is 21.9 Å². The number of aliphatic hydroxyl groups excluding tert-OH is 1. The molecule has 1 aliphatic rings. The number of halogens is 2. The number of hydrogen-bond donors (Lipinski definition) is 1. The maximum absolute atomic E-state index is 15.2. The number of carbonyl (C=O) groups excluding carboxylic acids is 2. The third kappa shape index (κ3) is 6.50. The molecule has 1 aliphatic heterocycles. The van der Waals surface area contributed by atoms with Gasteiger partial charge in [0.25, 0.3) is 5.78 Å². The van der Waals surface area contributed by atoms with Gasteiger partial charge in [-0.15, -0.1) is 10.2 Å². The molecule has 6 rings (SSSR count). The zero-order valence-electron chi connectivity index (χ0n) is 23.8. The Labute approximate surface area is 265 Å². The molecular weight excluding hydrogens is 617 g/mol. The molecule has 45 heavy (non-hydrogen) atoms. The Hall–Kier alpha value is -4.87. The molecule has 0 aliphatic carbocycles. The molecule has 1 amide bonds. The van der Waals surface area contributed by atoms with Crippen molar-refractivity contribution in [3.63, 3.8) is 0 Å². The topological polar surface area (TPSA) is 92.6 Å². The van der Waals surface area contributed by atoms with Gasteiger partial charge in [-0.3, -0.25) is 14.5 Å². The Morgan fingerprint density at radius 2 is 1.69 bits per heavy atom. The van der Waals surface area contributed by atoms with Gasteiger partial charge in [-0.1, -0.05) is 83.3 Å². The van der Waals surface area contributed by atoms with E-state index in [1.54, 1.807) is 42.5 Å². The normalized spacial score (nSPS) is 15.9. The highest BCUT2D eigenvalue weighted by atomic mass is 32.2. The maximum atomic E-state index is 15.2.